The van der Waals surface area contributed by atoms with Gasteiger partial charge in [0.1, 0.15) is 5.02 Å². The van der Waals surface area contributed by atoms with Crippen LogP contribution in [0.25, 0.3) is 0 Å². The zero-order valence-corrected chi connectivity index (χ0v) is 12.0. The molecule has 1 heterocycles. The van der Waals surface area contributed by atoms with Crippen molar-refractivity contribution in [2.75, 3.05) is 18.5 Å². The molecular formula is C13H17Cl2N3. The van der Waals surface area contributed by atoms with Gasteiger partial charge in [0, 0.05) is 13.6 Å². The van der Waals surface area contributed by atoms with E-state index in [1.54, 1.807) is 6.20 Å². The molecule has 2 saturated carbocycles. The first-order chi connectivity index (χ1) is 8.63. The van der Waals surface area contributed by atoms with E-state index in [0.29, 0.717) is 5.02 Å². The number of fused-ring (bicyclic) bond motifs is 2. The second kappa shape index (κ2) is 4.86. The molecule has 3 nitrogen and oxygen atoms in total. The van der Waals surface area contributed by atoms with Gasteiger partial charge in [-0.15, -0.1) is 0 Å². The summed E-state index contributed by atoms with van der Waals surface area (Å²) in [6, 6.07) is 0. The van der Waals surface area contributed by atoms with Crippen LogP contribution < -0.4 is 4.90 Å². The van der Waals surface area contributed by atoms with Crippen molar-refractivity contribution in [2.45, 2.75) is 25.7 Å². The summed E-state index contributed by atoms with van der Waals surface area (Å²) in [6.45, 7) is 1.02. The van der Waals surface area contributed by atoms with Crippen molar-refractivity contribution in [2.24, 2.45) is 17.8 Å². The van der Waals surface area contributed by atoms with Crippen LogP contribution in [0.4, 0.5) is 5.82 Å². The minimum atomic E-state index is 0.259. The maximum Gasteiger partial charge on any atom is 0.224 e. The second-order valence-corrected chi connectivity index (χ2v) is 6.37. The van der Waals surface area contributed by atoms with Gasteiger partial charge >= 0.3 is 0 Å². The molecule has 0 N–H and O–H groups in total. The van der Waals surface area contributed by atoms with E-state index in [1.165, 1.54) is 25.7 Å². The van der Waals surface area contributed by atoms with Gasteiger partial charge in [-0.2, -0.15) is 4.98 Å². The van der Waals surface area contributed by atoms with Gasteiger partial charge in [-0.1, -0.05) is 18.0 Å². The topological polar surface area (TPSA) is 29.0 Å². The fourth-order valence-electron chi connectivity index (χ4n) is 3.64. The summed E-state index contributed by atoms with van der Waals surface area (Å²) in [7, 11) is 2.04. The molecule has 98 valence electrons. The first-order valence-electron chi connectivity index (χ1n) is 6.52. The number of hydrogen-bond donors (Lipinski definition) is 0. The van der Waals surface area contributed by atoms with Gasteiger partial charge in [-0.25, -0.2) is 4.98 Å². The van der Waals surface area contributed by atoms with Crippen LogP contribution >= 0.6 is 23.2 Å². The van der Waals surface area contributed by atoms with Gasteiger partial charge < -0.3 is 4.90 Å². The van der Waals surface area contributed by atoms with E-state index in [2.05, 4.69) is 14.9 Å². The zero-order chi connectivity index (χ0) is 12.7. The standard InChI is InChI=1S/C13H17Cl2N3/c1-18(12-11(14)6-16-13(15)17-12)7-10-5-8-2-3-9(10)4-8/h6,8-10H,2-5,7H2,1H3. The molecule has 1 aromatic rings. The lowest BCUT2D eigenvalue weighted by Crippen LogP contribution is -2.29. The summed E-state index contributed by atoms with van der Waals surface area (Å²) < 4.78 is 0. The Morgan fingerprint density at radius 2 is 2.17 bits per heavy atom. The van der Waals surface area contributed by atoms with Crippen molar-refractivity contribution in [3.63, 3.8) is 0 Å². The summed E-state index contributed by atoms with van der Waals surface area (Å²) in [5.41, 5.74) is 0. The summed E-state index contributed by atoms with van der Waals surface area (Å²) in [5, 5.41) is 0.833. The van der Waals surface area contributed by atoms with E-state index in [0.717, 1.165) is 30.1 Å². The fourth-order valence-corrected chi connectivity index (χ4v) is 4.01. The molecule has 0 saturated heterocycles. The molecule has 0 spiro atoms. The SMILES string of the molecule is CN(CC1CC2CCC1C2)c1nc(Cl)ncc1Cl. The molecule has 3 unspecified atom stereocenters. The average Bonchev–Trinajstić information content (AvgIpc) is 2.94. The van der Waals surface area contributed by atoms with Gasteiger partial charge in [-0.05, 0) is 48.6 Å². The molecule has 2 fully saturated rings. The highest BCUT2D eigenvalue weighted by Gasteiger charge is 2.39. The van der Waals surface area contributed by atoms with Gasteiger partial charge in [0.2, 0.25) is 5.28 Å². The van der Waals surface area contributed by atoms with Gasteiger partial charge in [0.25, 0.3) is 0 Å². The molecule has 3 atom stereocenters. The monoisotopic (exact) mass is 285 g/mol. The average molecular weight is 286 g/mol. The third-order valence-electron chi connectivity index (χ3n) is 4.45. The lowest BCUT2D eigenvalue weighted by Gasteiger charge is -2.28. The molecule has 3 rings (SSSR count). The van der Waals surface area contributed by atoms with Crippen LogP contribution in [-0.4, -0.2) is 23.6 Å². The quantitative estimate of drug-likeness (QED) is 0.794. The molecule has 1 aromatic heterocycles. The van der Waals surface area contributed by atoms with Crippen molar-refractivity contribution in [1.29, 1.82) is 0 Å². The Bertz CT molecular complexity index is 452. The van der Waals surface area contributed by atoms with Crippen LogP contribution in [0.1, 0.15) is 25.7 Å². The summed E-state index contributed by atoms with van der Waals surface area (Å²) >= 11 is 12.0. The first-order valence-corrected chi connectivity index (χ1v) is 7.28. The Kier molecular flexibility index (Phi) is 3.37. The molecule has 0 amide bonds. The van der Waals surface area contributed by atoms with E-state index in [-0.39, 0.29) is 5.28 Å². The number of aromatic nitrogens is 2. The van der Waals surface area contributed by atoms with E-state index >= 15 is 0 Å². The molecule has 0 radical (unpaired) electrons. The molecule has 2 bridgehead atoms. The smallest absolute Gasteiger partial charge is 0.224 e. The Labute approximate surface area is 118 Å². The first kappa shape index (κ1) is 12.5. The minimum absolute atomic E-state index is 0.259. The number of rotatable bonds is 3. The molecule has 2 aliphatic carbocycles. The van der Waals surface area contributed by atoms with Crippen molar-refractivity contribution in [3.05, 3.63) is 16.5 Å². The highest BCUT2D eigenvalue weighted by molar-refractivity contribution is 6.33. The lowest BCUT2D eigenvalue weighted by molar-refractivity contribution is 0.337. The lowest BCUT2D eigenvalue weighted by atomic mass is 9.88. The van der Waals surface area contributed by atoms with Crippen LogP contribution in [0.5, 0.6) is 0 Å². The highest BCUT2D eigenvalue weighted by atomic mass is 35.5. The molecule has 18 heavy (non-hydrogen) atoms. The summed E-state index contributed by atoms with van der Waals surface area (Å²) in [4.78, 5) is 10.2. The van der Waals surface area contributed by atoms with E-state index < -0.39 is 0 Å². The molecular weight excluding hydrogens is 269 g/mol. The van der Waals surface area contributed by atoms with Crippen LogP contribution in [0, 0.1) is 17.8 Å². The summed E-state index contributed by atoms with van der Waals surface area (Å²) in [5.74, 6) is 3.42. The zero-order valence-electron chi connectivity index (χ0n) is 10.4. The normalized spacial score (nSPS) is 29.8. The van der Waals surface area contributed by atoms with Crippen LogP contribution in [0.3, 0.4) is 0 Å². The van der Waals surface area contributed by atoms with Crippen molar-refractivity contribution < 1.29 is 0 Å². The predicted molar refractivity (Wildman–Crippen MR) is 74.3 cm³/mol. The van der Waals surface area contributed by atoms with Crippen LogP contribution in [0.2, 0.25) is 10.3 Å². The second-order valence-electron chi connectivity index (χ2n) is 5.63. The number of anilines is 1. The fraction of sp³-hybridized carbons (Fsp3) is 0.692. The number of hydrogen-bond acceptors (Lipinski definition) is 3. The van der Waals surface area contributed by atoms with Crippen molar-refractivity contribution in [1.82, 2.24) is 9.97 Å². The molecule has 0 aromatic carbocycles. The maximum atomic E-state index is 6.13. The molecule has 2 aliphatic rings. The van der Waals surface area contributed by atoms with Crippen LogP contribution in [-0.2, 0) is 0 Å². The molecule has 0 aliphatic heterocycles. The van der Waals surface area contributed by atoms with Gasteiger partial charge in [0.05, 0.1) is 6.20 Å². The minimum Gasteiger partial charge on any atom is -0.358 e. The van der Waals surface area contributed by atoms with E-state index in [1.807, 2.05) is 7.05 Å². The predicted octanol–water partition coefficient (Wildman–Crippen LogP) is 3.66. The largest absolute Gasteiger partial charge is 0.358 e. The third kappa shape index (κ3) is 2.30. The number of halogens is 2. The Hall–Kier alpha value is -0.540. The third-order valence-corrected chi connectivity index (χ3v) is 4.90. The van der Waals surface area contributed by atoms with E-state index in [4.69, 9.17) is 23.2 Å². The Morgan fingerprint density at radius 3 is 2.83 bits per heavy atom. The van der Waals surface area contributed by atoms with Crippen molar-refractivity contribution in [3.8, 4) is 0 Å². The highest BCUT2D eigenvalue weighted by Crippen LogP contribution is 2.48. The van der Waals surface area contributed by atoms with Crippen LogP contribution in [0.15, 0.2) is 6.20 Å². The molecule has 5 heteroatoms. The summed E-state index contributed by atoms with van der Waals surface area (Å²) in [6.07, 6.45) is 7.21. The Balaban J connectivity index is 1.71. The van der Waals surface area contributed by atoms with Gasteiger partial charge in [0.15, 0.2) is 5.82 Å². The van der Waals surface area contributed by atoms with Gasteiger partial charge in [-0.3, -0.25) is 0 Å². The maximum absolute atomic E-state index is 6.13. The van der Waals surface area contributed by atoms with E-state index in [9.17, 15) is 0 Å². The van der Waals surface area contributed by atoms with Crippen molar-refractivity contribution >= 4 is 29.0 Å². The number of nitrogens with zero attached hydrogens (tertiary/aromatic N) is 3. The Morgan fingerprint density at radius 1 is 1.33 bits per heavy atom.